The van der Waals surface area contributed by atoms with E-state index in [1.165, 1.54) is 33.9 Å². The van der Waals surface area contributed by atoms with Crippen LogP contribution in [0.5, 0.6) is 0 Å². The SMILES string of the molecule is CC(C)C(=O)CN(Cc1nccn1CC(=O)N[C@@H](CCC(=O)O)C(=O)O)Cc1nccn1CC(=O)N[C@@H](CCC(=O)O)C(=O)O. The lowest BCUT2D eigenvalue weighted by atomic mass is 10.1. The molecule has 246 valence electrons. The Balaban J connectivity index is 2.16. The van der Waals surface area contributed by atoms with Gasteiger partial charge in [0.1, 0.15) is 42.6 Å². The molecule has 0 spiro atoms. The molecule has 18 heteroatoms. The van der Waals surface area contributed by atoms with E-state index < -0.39 is 60.6 Å². The number of amides is 2. The summed E-state index contributed by atoms with van der Waals surface area (Å²) in [4.78, 5) is 92.7. The Bertz CT molecular complexity index is 1290. The fourth-order valence-corrected chi connectivity index (χ4v) is 4.08. The van der Waals surface area contributed by atoms with Gasteiger partial charge in [-0.15, -0.1) is 0 Å². The molecule has 0 bridgehead atoms. The number of rotatable bonds is 21. The predicted octanol–water partition coefficient (Wildman–Crippen LogP) is -0.825. The Labute approximate surface area is 257 Å². The van der Waals surface area contributed by atoms with Crippen molar-refractivity contribution in [3.63, 3.8) is 0 Å². The zero-order valence-corrected chi connectivity index (χ0v) is 24.8. The Morgan fingerprint density at radius 1 is 0.733 bits per heavy atom. The molecule has 0 unspecified atom stereocenters. The molecule has 6 N–H and O–H groups in total. The lowest BCUT2D eigenvalue weighted by Crippen LogP contribution is -2.43. The third kappa shape index (κ3) is 12.6. The van der Waals surface area contributed by atoms with Crippen molar-refractivity contribution in [3.8, 4) is 0 Å². The summed E-state index contributed by atoms with van der Waals surface area (Å²) in [7, 11) is 0. The van der Waals surface area contributed by atoms with Crippen molar-refractivity contribution in [1.29, 1.82) is 0 Å². The first kappa shape index (κ1) is 36.1. The normalized spacial score (nSPS) is 12.4. The topological polar surface area (TPSA) is 263 Å². The van der Waals surface area contributed by atoms with Crippen LogP contribution in [0.3, 0.4) is 0 Å². The molecule has 0 fully saturated rings. The van der Waals surface area contributed by atoms with Crippen molar-refractivity contribution in [2.75, 3.05) is 6.54 Å². The Morgan fingerprint density at radius 3 is 1.47 bits per heavy atom. The molecule has 0 aromatic carbocycles. The maximum absolute atomic E-state index is 12.7. The van der Waals surface area contributed by atoms with Crippen molar-refractivity contribution in [2.24, 2.45) is 5.92 Å². The van der Waals surface area contributed by atoms with Crippen LogP contribution in [0.4, 0.5) is 0 Å². The number of hydrogen-bond acceptors (Lipinski definition) is 10. The van der Waals surface area contributed by atoms with Gasteiger partial charge in [0.15, 0.2) is 0 Å². The summed E-state index contributed by atoms with van der Waals surface area (Å²) in [6.07, 6.45) is 4.29. The van der Waals surface area contributed by atoms with Gasteiger partial charge in [-0.3, -0.25) is 28.9 Å². The fraction of sp³-hybridized carbons (Fsp3) is 0.519. The van der Waals surface area contributed by atoms with Crippen molar-refractivity contribution < 1.29 is 54.0 Å². The van der Waals surface area contributed by atoms with Crippen LogP contribution in [-0.2, 0) is 59.7 Å². The van der Waals surface area contributed by atoms with Crippen LogP contribution < -0.4 is 10.6 Å². The van der Waals surface area contributed by atoms with Crippen molar-refractivity contribution in [1.82, 2.24) is 34.6 Å². The van der Waals surface area contributed by atoms with Gasteiger partial charge < -0.3 is 40.2 Å². The average molecular weight is 636 g/mol. The van der Waals surface area contributed by atoms with Crippen LogP contribution in [0.2, 0.25) is 0 Å². The van der Waals surface area contributed by atoms with Crippen molar-refractivity contribution >= 4 is 41.5 Å². The number of nitrogens with zero attached hydrogens (tertiary/aromatic N) is 5. The van der Waals surface area contributed by atoms with Crippen molar-refractivity contribution in [3.05, 3.63) is 36.4 Å². The van der Waals surface area contributed by atoms with E-state index in [1.54, 1.807) is 18.7 Å². The first-order valence-corrected chi connectivity index (χ1v) is 13.9. The number of ketones is 1. The molecular weight excluding hydrogens is 598 g/mol. The van der Waals surface area contributed by atoms with Gasteiger partial charge in [-0.25, -0.2) is 19.6 Å². The molecular formula is C27H37N7O11. The molecule has 2 amide bonds. The van der Waals surface area contributed by atoms with Crippen LogP contribution in [0.15, 0.2) is 24.8 Å². The second-order valence-electron chi connectivity index (χ2n) is 10.5. The molecule has 0 radical (unpaired) electrons. The predicted molar refractivity (Wildman–Crippen MR) is 151 cm³/mol. The highest BCUT2D eigenvalue weighted by Gasteiger charge is 2.24. The standard InChI is InChI=1S/C27H37N7O11/c1-16(2)19(35)11-32(12-20-28-7-9-33(20)14-22(36)30-17(26(42)43)3-5-24(38)39)13-21-29-8-10-34(21)15-23(37)31-18(27(44)45)4-6-25(40)41/h7-10,16-18H,3-6,11-15H2,1-2H3,(H,30,36)(H,31,37)(H,38,39)(H,40,41)(H,42,43)(H,44,45)/t17-,18-/m0/s1. The average Bonchev–Trinajstić information content (AvgIpc) is 3.56. The number of imidazole rings is 2. The van der Waals surface area contributed by atoms with Crippen LogP contribution in [0.1, 0.15) is 51.2 Å². The van der Waals surface area contributed by atoms with Crippen molar-refractivity contribution in [2.45, 2.75) is 77.8 Å². The third-order valence-electron chi connectivity index (χ3n) is 6.55. The highest BCUT2D eigenvalue weighted by Crippen LogP contribution is 2.11. The van der Waals surface area contributed by atoms with Crippen LogP contribution in [0.25, 0.3) is 0 Å². The molecule has 0 aliphatic rings. The number of hydrogen-bond donors (Lipinski definition) is 6. The lowest BCUT2D eigenvalue weighted by molar-refractivity contribution is -0.144. The van der Waals surface area contributed by atoms with Gasteiger partial charge in [0.25, 0.3) is 0 Å². The van der Waals surface area contributed by atoms with Crippen LogP contribution in [-0.4, -0.2) is 105 Å². The number of aliphatic carboxylic acids is 4. The van der Waals surface area contributed by atoms with E-state index in [4.69, 9.17) is 10.2 Å². The second kappa shape index (κ2) is 17.2. The van der Waals surface area contributed by atoms with E-state index in [2.05, 4.69) is 20.6 Å². The van der Waals surface area contributed by atoms with Crippen LogP contribution >= 0.6 is 0 Å². The molecule has 2 heterocycles. The van der Waals surface area contributed by atoms with E-state index >= 15 is 0 Å². The second-order valence-corrected chi connectivity index (χ2v) is 10.5. The van der Waals surface area contributed by atoms with E-state index in [0.717, 1.165) is 0 Å². The molecule has 0 saturated carbocycles. The van der Waals surface area contributed by atoms with Gasteiger partial charge in [0, 0.05) is 43.5 Å². The molecule has 2 aromatic heterocycles. The number of aromatic nitrogens is 4. The summed E-state index contributed by atoms with van der Waals surface area (Å²) >= 11 is 0. The quantitative estimate of drug-likeness (QED) is 0.0979. The highest BCUT2D eigenvalue weighted by atomic mass is 16.4. The number of nitrogens with one attached hydrogen (secondary N) is 2. The Morgan fingerprint density at radius 2 is 1.13 bits per heavy atom. The van der Waals surface area contributed by atoms with E-state index in [9.17, 15) is 43.8 Å². The first-order chi connectivity index (χ1) is 21.2. The maximum atomic E-state index is 12.7. The molecule has 2 rings (SSSR count). The van der Waals surface area contributed by atoms with E-state index in [1.807, 2.05) is 0 Å². The van der Waals surface area contributed by atoms with Gasteiger partial charge in [-0.05, 0) is 12.8 Å². The lowest BCUT2D eigenvalue weighted by Gasteiger charge is -2.23. The minimum absolute atomic E-state index is 0.0371. The fourth-order valence-electron chi connectivity index (χ4n) is 4.08. The Kier molecular flexibility index (Phi) is 13.8. The molecule has 18 nitrogen and oxygen atoms in total. The van der Waals surface area contributed by atoms with Gasteiger partial charge in [0.05, 0.1) is 19.6 Å². The minimum Gasteiger partial charge on any atom is -0.481 e. The molecule has 45 heavy (non-hydrogen) atoms. The summed E-state index contributed by atoms with van der Waals surface area (Å²) < 4.78 is 2.89. The Hall–Kier alpha value is -5.13. The van der Waals surface area contributed by atoms with Gasteiger partial charge in [-0.2, -0.15) is 0 Å². The maximum Gasteiger partial charge on any atom is 0.326 e. The number of carbonyl (C=O) groups excluding carboxylic acids is 3. The molecule has 0 aliphatic heterocycles. The highest BCUT2D eigenvalue weighted by molar-refractivity contribution is 5.85. The molecule has 2 aromatic rings. The summed E-state index contributed by atoms with van der Waals surface area (Å²) in [6, 6.07) is -2.81. The number of Topliss-reactive ketones (excluding diaryl/α,β-unsaturated/α-hetero) is 1. The summed E-state index contributed by atoms with van der Waals surface area (Å²) in [6.45, 7) is 2.80. The number of carboxylic acid groups (broad SMARTS) is 4. The third-order valence-corrected chi connectivity index (χ3v) is 6.55. The molecule has 0 saturated heterocycles. The molecule has 0 aliphatic carbocycles. The van der Waals surface area contributed by atoms with E-state index in [0.29, 0.717) is 11.6 Å². The summed E-state index contributed by atoms with van der Waals surface area (Å²) in [5, 5.41) is 40.9. The monoisotopic (exact) mass is 635 g/mol. The zero-order valence-electron chi connectivity index (χ0n) is 24.8. The molecule has 2 atom stereocenters. The zero-order chi connectivity index (χ0) is 33.7. The van der Waals surface area contributed by atoms with Crippen LogP contribution in [0, 0.1) is 5.92 Å². The van der Waals surface area contributed by atoms with Gasteiger partial charge in [-0.1, -0.05) is 13.8 Å². The minimum atomic E-state index is -1.40. The summed E-state index contributed by atoms with van der Waals surface area (Å²) in [5.41, 5.74) is 0. The van der Waals surface area contributed by atoms with Gasteiger partial charge >= 0.3 is 23.9 Å². The first-order valence-electron chi connectivity index (χ1n) is 13.9. The largest absolute Gasteiger partial charge is 0.481 e. The van der Waals surface area contributed by atoms with Gasteiger partial charge in [0.2, 0.25) is 11.8 Å². The van der Waals surface area contributed by atoms with E-state index in [-0.39, 0.29) is 57.3 Å². The smallest absolute Gasteiger partial charge is 0.326 e. The number of carbonyl (C=O) groups is 7. The summed E-state index contributed by atoms with van der Waals surface area (Å²) in [5.74, 6) is -6.30. The number of carboxylic acids is 4.